The van der Waals surface area contributed by atoms with Crippen LogP contribution in [0.4, 0.5) is 8.78 Å². The maximum Gasteiger partial charge on any atom is 0.321 e. The van der Waals surface area contributed by atoms with Crippen molar-refractivity contribution >= 4 is 29.2 Å². The Morgan fingerprint density at radius 3 is 2.53 bits per heavy atom. The number of nitrogens with one attached hydrogen (secondary N) is 1. The van der Waals surface area contributed by atoms with Crippen molar-refractivity contribution in [3.05, 3.63) is 69.2 Å². The summed E-state index contributed by atoms with van der Waals surface area (Å²) in [4.78, 5) is 12.4. The number of rotatable bonds is 5. The van der Waals surface area contributed by atoms with Gasteiger partial charge in [-0.2, -0.15) is 5.26 Å². The van der Waals surface area contributed by atoms with Gasteiger partial charge in [-0.15, -0.1) is 0 Å². The zero-order valence-corrected chi connectivity index (χ0v) is 20.3. The maximum absolute atomic E-state index is 15.4. The van der Waals surface area contributed by atoms with Crippen LogP contribution in [0, 0.1) is 28.4 Å². The SMILES string of the molecule is CC1(CC2N[C@@H](C(=O)O)[C@H](c3cccc(Cl)c3F)[C@@]2(C#N)c2ccc(Cl)cc2F)CCCCC1. The first-order chi connectivity index (χ1) is 16.1. The lowest BCUT2D eigenvalue weighted by Crippen LogP contribution is -2.46. The minimum absolute atomic E-state index is 0.00411. The number of halogens is 4. The fraction of sp³-hybridized carbons (Fsp3) is 0.462. The van der Waals surface area contributed by atoms with E-state index in [1.807, 2.05) is 0 Å². The highest BCUT2D eigenvalue weighted by Crippen LogP contribution is 2.54. The Hall–Kier alpha value is -2.20. The molecule has 1 saturated carbocycles. The van der Waals surface area contributed by atoms with Gasteiger partial charge in [-0.3, -0.25) is 10.1 Å². The molecule has 1 saturated heterocycles. The third-order valence-corrected chi connectivity index (χ3v) is 8.18. The number of benzene rings is 2. The molecule has 0 amide bonds. The van der Waals surface area contributed by atoms with Crippen LogP contribution < -0.4 is 5.32 Å². The van der Waals surface area contributed by atoms with Crippen molar-refractivity contribution in [3.63, 3.8) is 0 Å². The number of nitrogens with zero attached hydrogens (tertiary/aromatic N) is 1. The van der Waals surface area contributed by atoms with Crippen LogP contribution in [0.5, 0.6) is 0 Å². The molecular formula is C26H26Cl2F2N2O2. The largest absolute Gasteiger partial charge is 0.480 e. The molecule has 2 aliphatic rings. The van der Waals surface area contributed by atoms with E-state index in [0.717, 1.165) is 38.2 Å². The quantitative estimate of drug-likeness (QED) is 0.478. The van der Waals surface area contributed by atoms with E-state index in [2.05, 4.69) is 18.3 Å². The number of hydrogen-bond acceptors (Lipinski definition) is 3. The molecule has 1 aliphatic carbocycles. The van der Waals surface area contributed by atoms with Gasteiger partial charge < -0.3 is 5.11 Å². The fourth-order valence-corrected chi connectivity index (χ4v) is 6.37. The fourth-order valence-electron chi connectivity index (χ4n) is 6.03. The van der Waals surface area contributed by atoms with Gasteiger partial charge in [0.2, 0.25) is 0 Å². The van der Waals surface area contributed by atoms with Crippen LogP contribution in [0.1, 0.15) is 62.5 Å². The van der Waals surface area contributed by atoms with Gasteiger partial charge in [0.05, 0.1) is 11.1 Å². The van der Waals surface area contributed by atoms with Crippen molar-refractivity contribution in [1.82, 2.24) is 5.32 Å². The van der Waals surface area contributed by atoms with Crippen molar-refractivity contribution in [2.45, 2.75) is 68.9 Å². The lowest BCUT2D eigenvalue weighted by atomic mass is 9.61. The Bertz CT molecular complexity index is 1150. The lowest BCUT2D eigenvalue weighted by Gasteiger charge is -2.41. The summed E-state index contributed by atoms with van der Waals surface area (Å²) in [5.41, 5.74) is -1.89. The summed E-state index contributed by atoms with van der Waals surface area (Å²) in [5.74, 6) is -4.00. The van der Waals surface area contributed by atoms with Gasteiger partial charge in [-0.1, -0.05) is 67.6 Å². The van der Waals surface area contributed by atoms with Crippen LogP contribution in [0.15, 0.2) is 36.4 Å². The van der Waals surface area contributed by atoms with Gasteiger partial charge in [0.25, 0.3) is 0 Å². The second-order valence-electron chi connectivity index (χ2n) is 9.84. The normalized spacial score (nSPS) is 28.4. The number of carboxylic acid groups (broad SMARTS) is 1. The summed E-state index contributed by atoms with van der Waals surface area (Å²) in [6.45, 7) is 2.12. The molecule has 2 N–H and O–H groups in total. The second-order valence-corrected chi connectivity index (χ2v) is 10.7. The van der Waals surface area contributed by atoms with E-state index in [0.29, 0.717) is 6.42 Å². The van der Waals surface area contributed by atoms with Crippen LogP contribution in [0.3, 0.4) is 0 Å². The van der Waals surface area contributed by atoms with Gasteiger partial charge in [0.1, 0.15) is 23.1 Å². The van der Waals surface area contributed by atoms with E-state index < -0.39 is 41.0 Å². The van der Waals surface area contributed by atoms with Crippen LogP contribution in [0.25, 0.3) is 0 Å². The van der Waals surface area contributed by atoms with Gasteiger partial charge in [-0.25, -0.2) is 8.78 Å². The van der Waals surface area contributed by atoms with Crippen LogP contribution in [0.2, 0.25) is 10.0 Å². The minimum atomic E-state index is -1.70. The van der Waals surface area contributed by atoms with Gasteiger partial charge in [0, 0.05) is 22.5 Å². The zero-order valence-electron chi connectivity index (χ0n) is 18.8. The third-order valence-electron chi connectivity index (χ3n) is 7.66. The van der Waals surface area contributed by atoms with Crippen LogP contribution in [-0.4, -0.2) is 23.2 Å². The predicted octanol–water partition coefficient (Wildman–Crippen LogP) is 6.60. The summed E-state index contributed by atoms with van der Waals surface area (Å²) in [6.07, 6.45) is 5.48. The highest BCUT2D eigenvalue weighted by Gasteiger charge is 2.61. The van der Waals surface area contributed by atoms with Gasteiger partial charge in [0.15, 0.2) is 0 Å². The Morgan fingerprint density at radius 1 is 1.21 bits per heavy atom. The number of hydrogen-bond donors (Lipinski definition) is 2. The molecule has 0 aromatic heterocycles. The molecule has 4 atom stereocenters. The Morgan fingerprint density at radius 2 is 1.91 bits per heavy atom. The summed E-state index contributed by atoms with van der Waals surface area (Å²) in [5, 5.41) is 23.9. The van der Waals surface area contributed by atoms with Crippen LogP contribution in [-0.2, 0) is 10.2 Å². The topological polar surface area (TPSA) is 73.1 Å². The standard InChI is InChI=1S/C26H26Cl2F2N2O2/c1-25(10-3-2-4-11-25)13-20-26(14-31,17-9-8-15(27)12-19(17)29)21(23(32-20)24(33)34)16-6-5-7-18(28)22(16)30/h5-9,12,20-21,23,32H,2-4,10-11,13H2,1H3,(H,33,34)/t20?,21-,23+,26-/m0/s1. The first-order valence-corrected chi connectivity index (χ1v) is 12.2. The number of nitriles is 1. The maximum atomic E-state index is 15.4. The van der Waals surface area contributed by atoms with Crippen molar-refractivity contribution in [2.24, 2.45) is 5.41 Å². The summed E-state index contributed by atoms with van der Waals surface area (Å²) in [6, 6.07) is 8.50. The molecule has 1 heterocycles. The molecule has 0 bridgehead atoms. The van der Waals surface area contributed by atoms with E-state index in [-0.39, 0.29) is 26.6 Å². The van der Waals surface area contributed by atoms with Gasteiger partial charge in [-0.05, 0) is 48.4 Å². The molecule has 34 heavy (non-hydrogen) atoms. The number of carboxylic acids is 1. The molecule has 0 radical (unpaired) electrons. The predicted molar refractivity (Wildman–Crippen MR) is 127 cm³/mol. The second kappa shape index (κ2) is 9.45. The van der Waals surface area contributed by atoms with Crippen LogP contribution >= 0.6 is 23.2 Å². The summed E-state index contributed by atoms with van der Waals surface area (Å²) < 4.78 is 30.8. The number of aliphatic carboxylic acids is 1. The molecule has 1 aliphatic heterocycles. The van der Waals surface area contributed by atoms with E-state index >= 15 is 8.78 Å². The Labute approximate surface area is 207 Å². The van der Waals surface area contributed by atoms with Crippen molar-refractivity contribution in [3.8, 4) is 6.07 Å². The first kappa shape index (κ1) is 24.9. The molecule has 0 spiro atoms. The first-order valence-electron chi connectivity index (χ1n) is 11.4. The summed E-state index contributed by atoms with van der Waals surface area (Å²) >= 11 is 12.0. The molecule has 1 unspecified atom stereocenters. The highest BCUT2D eigenvalue weighted by atomic mass is 35.5. The number of carbonyl (C=O) groups is 1. The lowest BCUT2D eigenvalue weighted by molar-refractivity contribution is -0.139. The molecule has 2 fully saturated rings. The molecule has 2 aromatic rings. The zero-order chi connectivity index (χ0) is 24.7. The Balaban J connectivity index is 1.97. The van der Waals surface area contributed by atoms with E-state index in [9.17, 15) is 15.2 Å². The molecule has 2 aromatic carbocycles. The van der Waals surface area contributed by atoms with E-state index in [1.54, 1.807) is 0 Å². The minimum Gasteiger partial charge on any atom is -0.480 e. The smallest absolute Gasteiger partial charge is 0.321 e. The molecule has 180 valence electrons. The Kier molecular flexibility index (Phi) is 6.92. The van der Waals surface area contributed by atoms with E-state index in [4.69, 9.17) is 23.2 Å². The third kappa shape index (κ3) is 4.19. The van der Waals surface area contributed by atoms with E-state index in [1.165, 1.54) is 30.3 Å². The van der Waals surface area contributed by atoms with Crippen molar-refractivity contribution in [1.29, 1.82) is 5.26 Å². The average Bonchev–Trinajstić information content (AvgIpc) is 3.10. The molecule has 8 heteroatoms. The molecular weight excluding hydrogens is 481 g/mol. The monoisotopic (exact) mass is 506 g/mol. The molecule has 4 nitrogen and oxygen atoms in total. The molecule has 4 rings (SSSR count). The average molecular weight is 507 g/mol. The van der Waals surface area contributed by atoms with Crippen molar-refractivity contribution < 1.29 is 18.7 Å². The summed E-state index contributed by atoms with van der Waals surface area (Å²) in [7, 11) is 0. The van der Waals surface area contributed by atoms with Crippen molar-refractivity contribution in [2.75, 3.05) is 0 Å². The van der Waals surface area contributed by atoms with Gasteiger partial charge >= 0.3 is 5.97 Å². The highest BCUT2D eigenvalue weighted by molar-refractivity contribution is 6.31.